The number of esters is 1. The van der Waals surface area contributed by atoms with Gasteiger partial charge in [-0.25, -0.2) is 4.79 Å². The number of ether oxygens (including phenoxy) is 2. The molecule has 0 saturated carbocycles. The molecule has 98 valence electrons. The van der Waals surface area contributed by atoms with E-state index in [9.17, 15) is 4.79 Å². The molecule has 0 fully saturated rings. The normalized spacial score (nSPS) is 12.7. The molecule has 1 aromatic carbocycles. The lowest BCUT2D eigenvalue weighted by Gasteiger charge is -2.22. The molecule has 3 nitrogen and oxygen atoms in total. The maximum Gasteiger partial charge on any atom is 0.347 e. The fraction of sp³-hybridized carbons (Fsp3) is 0.400. The van der Waals surface area contributed by atoms with Gasteiger partial charge in [-0.3, -0.25) is 0 Å². The predicted octanol–water partition coefficient (Wildman–Crippen LogP) is 3.44. The lowest BCUT2D eigenvalue weighted by molar-refractivity contribution is -0.162. The Morgan fingerprint density at radius 2 is 2.06 bits per heavy atom. The minimum Gasteiger partial charge on any atom is -0.479 e. The van der Waals surface area contributed by atoms with Crippen LogP contribution in [0.4, 0.5) is 0 Å². The average molecular weight is 248 g/mol. The van der Waals surface area contributed by atoms with Gasteiger partial charge in [0.15, 0.2) is 6.10 Å². The van der Waals surface area contributed by atoms with E-state index in [2.05, 4.69) is 6.58 Å². The largest absolute Gasteiger partial charge is 0.479 e. The molecule has 1 aromatic rings. The lowest BCUT2D eigenvalue weighted by atomic mass is 10.2. The molecule has 0 aliphatic heterocycles. The number of hydrogen-bond acceptors (Lipinski definition) is 3. The molecule has 0 aliphatic rings. The van der Waals surface area contributed by atoms with Crippen LogP contribution in [0, 0.1) is 0 Å². The Labute approximate surface area is 108 Å². The maximum atomic E-state index is 11.8. The third-order valence-electron chi connectivity index (χ3n) is 2.15. The number of benzene rings is 1. The molecule has 1 unspecified atom stereocenters. The molecule has 0 saturated heterocycles. The van der Waals surface area contributed by atoms with Gasteiger partial charge in [0.25, 0.3) is 0 Å². The van der Waals surface area contributed by atoms with E-state index in [0.717, 1.165) is 5.56 Å². The van der Waals surface area contributed by atoms with Crippen molar-refractivity contribution in [3.8, 4) is 5.75 Å². The summed E-state index contributed by atoms with van der Waals surface area (Å²) in [6.07, 6.45) is 1.09. The van der Waals surface area contributed by atoms with E-state index >= 15 is 0 Å². The minimum atomic E-state index is -0.635. The summed E-state index contributed by atoms with van der Waals surface area (Å²) in [6.45, 7) is 10.9. The van der Waals surface area contributed by atoms with Gasteiger partial charge in [-0.05, 0) is 45.4 Å². The van der Waals surface area contributed by atoms with Crippen LogP contribution in [0.3, 0.4) is 0 Å². The van der Waals surface area contributed by atoms with E-state index in [1.54, 1.807) is 19.1 Å². The predicted molar refractivity (Wildman–Crippen MR) is 72.5 cm³/mol. The molecule has 0 aromatic heterocycles. The summed E-state index contributed by atoms with van der Waals surface area (Å²) in [4.78, 5) is 11.8. The highest BCUT2D eigenvalue weighted by atomic mass is 16.6. The van der Waals surface area contributed by atoms with E-state index in [0.29, 0.717) is 5.75 Å². The molecule has 3 heteroatoms. The summed E-state index contributed by atoms with van der Waals surface area (Å²) in [6, 6.07) is 7.40. The first kappa shape index (κ1) is 14.3. The van der Waals surface area contributed by atoms with Gasteiger partial charge in [-0.1, -0.05) is 24.8 Å². The van der Waals surface area contributed by atoms with Crippen molar-refractivity contribution in [3.05, 3.63) is 36.4 Å². The van der Waals surface area contributed by atoms with Crippen molar-refractivity contribution in [3.63, 3.8) is 0 Å². The van der Waals surface area contributed by atoms with Crippen molar-refractivity contribution in [2.75, 3.05) is 0 Å². The van der Waals surface area contributed by atoms with Crippen molar-refractivity contribution >= 4 is 12.0 Å². The van der Waals surface area contributed by atoms with Crippen LogP contribution in [0.15, 0.2) is 30.8 Å². The van der Waals surface area contributed by atoms with Gasteiger partial charge in [-0.2, -0.15) is 0 Å². The van der Waals surface area contributed by atoms with E-state index in [1.807, 2.05) is 39.0 Å². The van der Waals surface area contributed by atoms with Crippen molar-refractivity contribution in [2.24, 2.45) is 0 Å². The summed E-state index contributed by atoms with van der Waals surface area (Å²) in [5.41, 5.74) is 0.446. The van der Waals surface area contributed by atoms with Crippen LogP contribution in [0.5, 0.6) is 5.75 Å². The Balaban J connectivity index is 2.66. The van der Waals surface area contributed by atoms with Gasteiger partial charge in [0.2, 0.25) is 0 Å². The fourth-order valence-electron chi connectivity index (χ4n) is 1.35. The minimum absolute atomic E-state index is 0.369. The van der Waals surface area contributed by atoms with Crippen LogP contribution in [0.2, 0.25) is 0 Å². The Morgan fingerprint density at radius 1 is 1.39 bits per heavy atom. The van der Waals surface area contributed by atoms with Crippen molar-refractivity contribution in [1.29, 1.82) is 0 Å². The van der Waals surface area contributed by atoms with Gasteiger partial charge in [0.05, 0.1) is 0 Å². The van der Waals surface area contributed by atoms with E-state index in [-0.39, 0.29) is 5.97 Å². The molecule has 0 N–H and O–H groups in total. The van der Waals surface area contributed by atoms with Gasteiger partial charge < -0.3 is 9.47 Å². The van der Waals surface area contributed by atoms with Crippen LogP contribution >= 0.6 is 0 Å². The van der Waals surface area contributed by atoms with Gasteiger partial charge in [-0.15, -0.1) is 0 Å². The van der Waals surface area contributed by atoms with Crippen molar-refractivity contribution < 1.29 is 14.3 Å². The number of carbonyl (C=O) groups is 1. The van der Waals surface area contributed by atoms with Crippen molar-refractivity contribution in [1.82, 2.24) is 0 Å². The van der Waals surface area contributed by atoms with Crippen molar-refractivity contribution in [2.45, 2.75) is 39.4 Å². The Bertz CT molecular complexity index is 430. The van der Waals surface area contributed by atoms with Crippen LogP contribution in [-0.2, 0) is 9.53 Å². The topological polar surface area (TPSA) is 35.5 Å². The fourth-order valence-corrected chi connectivity index (χ4v) is 1.35. The Hall–Kier alpha value is -1.77. The Kier molecular flexibility index (Phi) is 4.54. The third-order valence-corrected chi connectivity index (χ3v) is 2.15. The smallest absolute Gasteiger partial charge is 0.347 e. The van der Waals surface area contributed by atoms with E-state index < -0.39 is 11.7 Å². The highest BCUT2D eigenvalue weighted by Gasteiger charge is 2.22. The molecule has 0 spiro atoms. The molecular formula is C15H20O3. The standard InChI is InChI=1S/C15H20O3/c1-6-12-8-7-9-13(10-12)17-11(2)14(16)18-15(3,4)5/h6-11H,1H2,2-5H3. The van der Waals surface area contributed by atoms with Gasteiger partial charge in [0.1, 0.15) is 11.4 Å². The second kappa shape index (κ2) is 5.71. The molecule has 0 heterocycles. The molecular weight excluding hydrogens is 228 g/mol. The molecule has 0 aliphatic carbocycles. The summed E-state index contributed by atoms with van der Waals surface area (Å²) in [7, 11) is 0. The summed E-state index contributed by atoms with van der Waals surface area (Å²) < 4.78 is 10.8. The first-order chi connectivity index (χ1) is 8.31. The zero-order valence-electron chi connectivity index (χ0n) is 11.4. The molecule has 0 bridgehead atoms. The maximum absolute atomic E-state index is 11.8. The summed E-state index contributed by atoms with van der Waals surface area (Å²) in [5, 5.41) is 0. The third kappa shape index (κ3) is 4.62. The highest BCUT2D eigenvalue weighted by Crippen LogP contribution is 2.17. The van der Waals surface area contributed by atoms with E-state index in [4.69, 9.17) is 9.47 Å². The zero-order valence-corrected chi connectivity index (χ0v) is 11.4. The number of carbonyl (C=O) groups excluding carboxylic acids is 1. The summed E-state index contributed by atoms with van der Waals surface area (Å²) in [5.74, 6) is 0.261. The SMILES string of the molecule is C=Cc1cccc(OC(C)C(=O)OC(C)(C)C)c1. The van der Waals surface area contributed by atoms with Crippen LogP contribution in [-0.4, -0.2) is 17.7 Å². The Morgan fingerprint density at radius 3 is 2.61 bits per heavy atom. The van der Waals surface area contributed by atoms with Gasteiger partial charge >= 0.3 is 5.97 Å². The number of hydrogen-bond donors (Lipinski definition) is 0. The van der Waals surface area contributed by atoms with Gasteiger partial charge in [0, 0.05) is 0 Å². The van der Waals surface area contributed by atoms with Crippen LogP contribution < -0.4 is 4.74 Å². The quantitative estimate of drug-likeness (QED) is 0.766. The molecule has 1 atom stereocenters. The number of rotatable bonds is 4. The molecule has 0 radical (unpaired) electrons. The monoisotopic (exact) mass is 248 g/mol. The molecule has 0 amide bonds. The first-order valence-electron chi connectivity index (χ1n) is 5.94. The zero-order chi connectivity index (χ0) is 13.8. The van der Waals surface area contributed by atoms with Crippen LogP contribution in [0.25, 0.3) is 6.08 Å². The highest BCUT2D eigenvalue weighted by molar-refractivity contribution is 5.75. The molecule has 18 heavy (non-hydrogen) atoms. The second-order valence-corrected chi connectivity index (χ2v) is 5.07. The van der Waals surface area contributed by atoms with E-state index in [1.165, 1.54) is 0 Å². The summed E-state index contributed by atoms with van der Waals surface area (Å²) >= 11 is 0. The average Bonchev–Trinajstić information content (AvgIpc) is 2.27. The second-order valence-electron chi connectivity index (χ2n) is 5.07. The first-order valence-corrected chi connectivity index (χ1v) is 5.94. The lowest BCUT2D eigenvalue weighted by Crippen LogP contribution is -2.33. The van der Waals surface area contributed by atoms with Crippen LogP contribution in [0.1, 0.15) is 33.3 Å². The molecule has 1 rings (SSSR count).